The number of sulfonamides is 1. The minimum absolute atomic E-state index is 0. The third kappa shape index (κ3) is 4.64. The number of halogens is 6. The van der Waals surface area contributed by atoms with Gasteiger partial charge in [0.25, 0.3) is 5.92 Å². The topological polar surface area (TPSA) is 72.2 Å². The van der Waals surface area contributed by atoms with Crippen LogP contribution in [0.3, 0.4) is 0 Å². The lowest BCUT2D eigenvalue weighted by molar-refractivity contribution is 0.0170. The Hall–Kier alpha value is -0.250. The van der Waals surface area contributed by atoms with E-state index in [1.54, 1.807) is 4.72 Å². The molecule has 0 unspecified atom stereocenters. The summed E-state index contributed by atoms with van der Waals surface area (Å²) in [4.78, 5) is -0.677. The molecule has 0 atom stereocenters. The van der Waals surface area contributed by atoms with Crippen molar-refractivity contribution < 1.29 is 21.6 Å². The van der Waals surface area contributed by atoms with Crippen molar-refractivity contribution in [2.75, 3.05) is 13.1 Å². The van der Waals surface area contributed by atoms with Gasteiger partial charge in [-0.05, 0) is 12.1 Å². The highest BCUT2D eigenvalue weighted by Crippen LogP contribution is 2.29. The standard InChI is InChI=1S/C9H9Cl2F3N2O2S.ClH/c10-5-1-2-6(7(11)8(5)12)19(17,18)16-4-9(13,14)3-15;/h1-2,16H,3-4,15H2;1H. The summed E-state index contributed by atoms with van der Waals surface area (Å²) in [7, 11) is -4.39. The molecule has 4 nitrogen and oxygen atoms in total. The highest BCUT2D eigenvalue weighted by Gasteiger charge is 2.30. The second-order valence-corrected chi connectivity index (χ2v) is 6.08. The zero-order chi connectivity index (χ0) is 14.8. The van der Waals surface area contributed by atoms with Gasteiger partial charge in [0.05, 0.1) is 23.1 Å². The lowest BCUT2D eigenvalue weighted by atomic mass is 10.3. The average Bonchev–Trinajstić information content (AvgIpc) is 2.34. The summed E-state index contributed by atoms with van der Waals surface area (Å²) in [5.41, 5.74) is 4.76. The van der Waals surface area contributed by atoms with Crippen LogP contribution in [0.4, 0.5) is 13.2 Å². The number of hydrogen-bond acceptors (Lipinski definition) is 3. The molecule has 1 aromatic rings. The molecular weight excluding hydrogens is 364 g/mol. The van der Waals surface area contributed by atoms with E-state index in [9.17, 15) is 21.6 Å². The molecule has 1 aromatic carbocycles. The maximum atomic E-state index is 13.3. The largest absolute Gasteiger partial charge is 0.325 e. The van der Waals surface area contributed by atoms with Crippen LogP contribution in [-0.4, -0.2) is 27.4 Å². The van der Waals surface area contributed by atoms with Crippen molar-refractivity contribution in [3.8, 4) is 0 Å². The first-order chi connectivity index (χ1) is 8.60. The van der Waals surface area contributed by atoms with E-state index in [1.807, 2.05) is 0 Å². The zero-order valence-electron chi connectivity index (χ0n) is 9.67. The fourth-order valence-electron chi connectivity index (χ4n) is 1.07. The van der Waals surface area contributed by atoms with Crippen molar-refractivity contribution in [3.63, 3.8) is 0 Å². The van der Waals surface area contributed by atoms with Crippen LogP contribution in [0.5, 0.6) is 0 Å². The first-order valence-corrected chi connectivity index (χ1v) is 7.06. The van der Waals surface area contributed by atoms with Crippen LogP contribution in [0.2, 0.25) is 10.0 Å². The third-order valence-electron chi connectivity index (χ3n) is 2.11. The minimum Gasteiger partial charge on any atom is -0.325 e. The van der Waals surface area contributed by atoms with E-state index in [2.05, 4.69) is 0 Å². The molecule has 0 spiro atoms. The number of benzene rings is 1. The predicted molar refractivity (Wildman–Crippen MR) is 72.9 cm³/mol. The Balaban J connectivity index is 0.00000361. The molecule has 0 radical (unpaired) electrons. The van der Waals surface area contributed by atoms with E-state index in [0.29, 0.717) is 0 Å². The van der Waals surface area contributed by atoms with Crippen molar-refractivity contribution in [2.45, 2.75) is 10.8 Å². The van der Waals surface area contributed by atoms with Crippen molar-refractivity contribution in [3.05, 3.63) is 28.0 Å². The first-order valence-electron chi connectivity index (χ1n) is 4.82. The van der Waals surface area contributed by atoms with Crippen LogP contribution in [0.25, 0.3) is 0 Å². The smallest absolute Gasteiger partial charge is 0.273 e. The molecule has 0 bridgehead atoms. The second-order valence-electron chi connectivity index (χ2n) is 3.56. The maximum absolute atomic E-state index is 13.3. The molecule has 0 aliphatic carbocycles. The summed E-state index contributed by atoms with van der Waals surface area (Å²) >= 11 is 10.9. The van der Waals surface area contributed by atoms with E-state index in [4.69, 9.17) is 28.9 Å². The molecule has 116 valence electrons. The number of hydrogen-bond donors (Lipinski definition) is 2. The van der Waals surface area contributed by atoms with Crippen LogP contribution >= 0.6 is 35.6 Å². The Labute approximate surface area is 129 Å². The van der Waals surface area contributed by atoms with Crippen molar-refractivity contribution in [1.29, 1.82) is 0 Å². The number of nitrogens with two attached hydrogens (primary N) is 1. The Morgan fingerprint density at radius 2 is 1.85 bits per heavy atom. The quantitative estimate of drug-likeness (QED) is 0.779. The summed E-state index contributed by atoms with van der Waals surface area (Å²) in [6, 6.07) is 1.87. The summed E-state index contributed by atoms with van der Waals surface area (Å²) in [6.45, 7) is -2.25. The molecule has 0 fully saturated rings. The van der Waals surface area contributed by atoms with E-state index in [0.717, 1.165) is 12.1 Å². The Morgan fingerprint density at radius 3 is 2.35 bits per heavy atom. The van der Waals surface area contributed by atoms with Gasteiger partial charge in [0.15, 0.2) is 5.82 Å². The molecule has 1 rings (SSSR count). The number of alkyl halides is 2. The van der Waals surface area contributed by atoms with Gasteiger partial charge in [-0.3, -0.25) is 0 Å². The van der Waals surface area contributed by atoms with Crippen LogP contribution in [0, 0.1) is 5.82 Å². The lowest BCUT2D eigenvalue weighted by Crippen LogP contribution is -2.41. The molecule has 0 aliphatic rings. The van der Waals surface area contributed by atoms with Crippen molar-refractivity contribution in [1.82, 2.24) is 4.72 Å². The van der Waals surface area contributed by atoms with Gasteiger partial charge in [0, 0.05) is 0 Å². The van der Waals surface area contributed by atoms with Gasteiger partial charge in [-0.2, -0.15) is 0 Å². The lowest BCUT2D eigenvalue weighted by Gasteiger charge is -2.15. The predicted octanol–water partition coefficient (Wildman–Crippen LogP) is 2.43. The summed E-state index contributed by atoms with van der Waals surface area (Å²) in [5.74, 6) is -4.55. The molecule has 0 aromatic heterocycles. The van der Waals surface area contributed by atoms with E-state index < -0.39 is 44.8 Å². The molecule has 11 heteroatoms. The number of rotatable bonds is 5. The molecule has 0 heterocycles. The van der Waals surface area contributed by atoms with Gasteiger partial charge in [0.2, 0.25) is 10.0 Å². The molecule has 3 N–H and O–H groups in total. The fourth-order valence-corrected chi connectivity index (χ4v) is 2.87. The highest BCUT2D eigenvalue weighted by atomic mass is 35.5. The Morgan fingerprint density at radius 1 is 1.30 bits per heavy atom. The van der Waals surface area contributed by atoms with Crippen LogP contribution in [0.1, 0.15) is 0 Å². The third-order valence-corrected chi connectivity index (χ3v) is 4.33. The molecular formula is C9H10Cl3F3N2O2S. The second kappa shape index (κ2) is 7.15. The monoisotopic (exact) mass is 372 g/mol. The van der Waals surface area contributed by atoms with Crippen molar-refractivity contribution in [2.24, 2.45) is 5.73 Å². The molecule has 0 saturated heterocycles. The SMILES string of the molecule is Cl.NCC(F)(F)CNS(=O)(=O)c1ccc(Cl)c(F)c1Cl. The molecule has 0 aliphatic heterocycles. The zero-order valence-corrected chi connectivity index (χ0v) is 12.8. The Kier molecular flexibility index (Phi) is 7.06. The molecule has 0 amide bonds. The van der Waals surface area contributed by atoms with Gasteiger partial charge in [-0.1, -0.05) is 23.2 Å². The van der Waals surface area contributed by atoms with Crippen LogP contribution in [-0.2, 0) is 10.0 Å². The average molecular weight is 374 g/mol. The van der Waals surface area contributed by atoms with Gasteiger partial charge in [0.1, 0.15) is 4.90 Å². The first kappa shape index (κ1) is 19.8. The van der Waals surface area contributed by atoms with Gasteiger partial charge < -0.3 is 5.73 Å². The fraction of sp³-hybridized carbons (Fsp3) is 0.333. The molecule has 20 heavy (non-hydrogen) atoms. The minimum atomic E-state index is -4.39. The van der Waals surface area contributed by atoms with Gasteiger partial charge in [-0.15, -0.1) is 12.4 Å². The normalized spacial score (nSPS) is 12.1. The van der Waals surface area contributed by atoms with E-state index in [1.165, 1.54) is 0 Å². The number of nitrogens with one attached hydrogen (secondary N) is 1. The van der Waals surface area contributed by atoms with Gasteiger partial charge in [-0.25, -0.2) is 26.3 Å². The summed E-state index contributed by atoms with van der Waals surface area (Å²) in [6.07, 6.45) is 0. The highest BCUT2D eigenvalue weighted by molar-refractivity contribution is 7.89. The van der Waals surface area contributed by atoms with Gasteiger partial charge >= 0.3 is 0 Å². The van der Waals surface area contributed by atoms with Crippen LogP contribution < -0.4 is 10.5 Å². The Bertz CT molecular complexity index is 584. The summed E-state index contributed by atoms with van der Waals surface area (Å²) in [5, 5.41) is -1.15. The van der Waals surface area contributed by atoms with Crippen molar-refractivity contribution >= 4 is 45.6 Å². The van der Waals surface area contributed by atoms with E-state index >= 15 is 0 Å². The summed E-state index contributed by atoms with van der Waals surface area (Å²) < 4.78 is 64.1. The molecule has 0 saturated carbocycles. The van der Waals surface area contributed by atoms with Crippen LogP contribution in [0.15, 0.2) is 17.0 Å². The maximum Gasteiger partial charge on any atom is 0.273 e. The van der Waals surface area contributed by atoms with E-state index in [-0.39, 0.29) is 17.4 Å².